The molecule has 110 valence electrons. The van der Waals surface area contributed by atoms with Crippen LogP contribution in [0.5, 0.6) is 0 Å². The minimum atomic E-state index is -0.302. The molecule has 2 aromatic rings. The molecule has 3 N–H and O–H groups in total. The summed E-state index contributed by atoms with van der Waals surface area (Å²) in [5.41, 5.74) is 9.37. The van der Waals surface area contributed by atoms with Gasteiger partial charge in [-0.2, -0.15) is 5.53 Å². The van der Waals surface area contributed by atoms with Gasteiger partial charge in [0.2, 0.25) is 5.91 Å². The number of carbonyl (C=O) groups excluding carboxylic acids is 1. The largest absolute Gasteiger partial charge is 0.467 e. The molecule has 0 spiro atoms. The van der Waals surface area contributed by atoms with E-state index in [0.29, 0.717) is 19.6 Å². The fourth-order valence-electron chi connectivity index (χ4n) is 2.20. The number of nitrogens with zero attached hydrogens (tertiary/aromatic N) is 2. The predicted molar refractivity (Wildman–Crippen MR) is 75.3 cm³/mol. The molecular weight excluding hydrogens is 270 g/mol. The third kappa shape index (κ3) is 3.46. The van der Waals surface area contributed by atoms with Crippen LogP contribution in [-0.4, -0.2) is 28.4 Å². The first-order valence-electron chi connectivity index (χ1n) is 6.77. The van der Waals surface area contributed by atoms with E-state index < -0.39 is 0 Å². The van der Waals surface area contributed by atoms with Crippen LogP contribution in [0, 0.1) is 0 Å². The van der Waals surface area contributed by atoms with Gasteiger partial charge in [-0.05, 0) is 24.3 Å². The third-order valence-corrected chi connectivity index (χ3v) is 3.26. The molecule has 1 aliphatic rings. The number of hydrogen-bond donors (Lipinski definition) is 3. The lowest BCUT2D eigenvalue weighted by Gasteiger charge is -2.24. The van der Waals surface area contributed by atoms with Gasteiger partial charge in [-0.1, -0.05) is 6.07 Å². The lowest BCUT2D eigenvalue weighted by atomic mass is 10.2. The van der Waals surface area contributed by atoms with Crippen LogP contribution in [0.3, 0.4) is 0 Å². The molecule has 1 unspecified atom stereocenters. The number of nitrogens with one attached hydrogen (secondary N) is 3. The van der Waals surface area contributed by atoms with E-state index in [9.17, 15) is 4.79 Å². The molecule has 0 aromatic carbocycles. The Morgan fingerprint density at radius 3 is 2.95 bits per heavy atom. The molecule has 7 nitrogen and oxygen atoms in total. The third-order valence-electron chi connectivity index (χ3n) is 3.26. The minimum Gasteiger partial charge on any atom is -0.467 e. The fraction of sp³-hybridized carbons (Fsp3) is 0.286. The van der Waals surface area contributed by atoms with E-state index in [1.165, 1.54) is 0 Å². The summed E-state index contributed by atoms with van der Waals surface area (Å²) in [5, 5.41) is 0. The van der Waals surface area contributed by atoms with Crippen molar-refractivity contribution in [2.24, 2.45) is 0 Å². The highest BCUT2D eigenvalue weighted by atomic mass is 16.3. The van der Waals surface area contributed by atoms with E-state index in [-0.39, 0.29) is 11.9 Å². The molecular formula is C14H17N5O2. The standard InChI is InChI=1S/C14H17N5O2/c20-14(13-8-16-18-17-13)19(10-12-5-3-7-21-12)9-11-4-1-2-6-15-11/h1-7,13,16-18H,8-10H2. The van der Waals surface area contributed by atoms with Gasteiger partial charge in [-0.15, -0.1) is 0 Å². The molecule has 7 heteroatoms. The Labute approximate surface area is 122 Å². The Bertz CT molecular complexity index is 566. The number of amides is 1. The number of pyridine rings is 1. The first-order valence-corrected chi connectivity index (χ1v) is 6.77. The van der Waals surface area contributed by atoms with Crippen LogP contribution in [0.1, 0.15) is 11.5 Å². The summed E-state index contributed by atoms with van der Waals surface area (Å²) in [4.78, 5) is 18.6. The van der Waals surface area contributed by atoms with Gasteiger partial charge in [-0.25, -0.2) is 10.9 Å². The second kappa shape index (κ2) is 6.49. The number of carbonyl (C=O) groups is 1. The van der Waals surface area contributed by atoms with Crippen LogP contribution >= 0.6 is 0 Å². The van der Waals surface area contributed by atoms with Crippen LogP contribution in [0.15, 0.2) is 47.2 Å². The van der Waals surface area contributed by atoms with Gasteiger partial charge in [0.05, 0.1) is 25.0 Å². The molecule has 21 heavy (non-hydrogen) atoms. The van der Waals surface area contributed by atoms with Crippen LogP contribution < -0.4 is 16.4 Å². The summed E-state index contributed by atoms with van der Waals surface area (Å²) >= 11 is 0. The lowest BCUT2D eigenvalue weighted by Crippen LogP contribution is -2.46. The molecule has 2 aromatic heterocycles. The summed E-state index contributed by atoms with van der Waals surface area (Å²) in [6.07, 6.45) is 3.33. The van der Waals surface area contributed by atoms with Crippen molar-refractivity contribution in [2.75, 3.05) is 6.54 Å². The molecule has 3 rings (SSSR count). The van der Waals surface area contributed by atoms with E-state index in [4.69, 9.17) is 4.42 Å². The molecule has 1 fully saturated rings. The SMILES string of the molecule is O=C(C1CNNN1)N(Cc1ccccn1)Cc1ccco1. The first-order chi connectivity index (χ1) is 10.3. The number of hydrazine groups is 2. The average molecular weight is 287 g/mol. The smallest absolute Gasteiger partial charge is 0.243 e. The Hall–Kier alpha value is -2.22. The Morgan fingerprint density at radius 2 is 2.29 bits per heavy atom. The molecule has 3 heterocycles. The van der Waals surface area contributed by atoms with Crippen LogP contribution in [0.2, 0.25) is 0 Å². The highest BCUT2D eigenvalue weighted by Crippen LogP contribution is 2.11. The van der Waals surface area contributed by atoms with Crippen molar-refractivity contribution >= 4 is 5.91 Å². The monoisotopic (exact) mass is 287 g/mol. The van der Waals surface area contributed by atoms with E-state index >= 15 is 0 Å². The van der Waals surface area contributed by atoms with E-state index in [1.54, 1.807) is 17.4 Å². The zero-order valence-electron chi connectivity index (χ0n) is 11.5. The molecule has 0 radical (unpaired) electrons. The van der Waals surface area contributed by atoms with Crippen molar-refractivity contribution in [3.8, 4) is 0 Å². The Morgan fingerprint density at radius 1 is 1.33 bits per heavy atom. The summed E-state index contributed by atoms with van der Waals surface area (Å²) in [7, 11) is 0. The maximum Gasteiger partial charge on any atom is 0.243 e. The molecule has 1 atom stereocenters. The fourth-order valence-corrected chi connectivity index (χ4v) is 2.20. The second-order valence-electron chi connectivity index (χ2n) is 4.80. The number of rotatable bonds is 5. The normalized spacial score (nSPS) is 17.8. The maximum absolute atomic E-state index is 12.6. The zero-order chi connectivity index (χ0) is 14.5. The van der Waals surface area contributed by atoms with E-state index in [2.05, 4.69) is 21.4 Å². The van der Waals surface area contributed by atoms with Gasteiger partial charge in [0.15, 0.2) is 0 Å². The van der Waals surface area contributed by atoms with Gasteiger partial charge in [-0.3, -0.25) is 9.78 Å². The number of aromatic nitrogens is 1. The minimum absolute atomic E-state index is 0.00504. The Balaban J connectivity index is 1.74. The molecule has 0 aliphatic carbocycles. The predicted octanol–water partition coefficient (Wildman–Crippen LogP) is 0.184. The molecule has 1 saturated heterocycles. The van der Waals surface area contributed by atoms with Crippen LogP contribution in [-0.2, 0) is 17.9 Å². The maximum atomic E-state index is 12.6. The van der Waals surface area contributed by atoms with Gasteiger partial charge in [0.25, 0.3) is 0 Å². The molecule has 0 saturated carbocycles. The molecule has 1 aliphatic heterocycles. The average Bonchev–Trinajstić information content (AvgIpc) is 3.20. The highest BCUT2D eigenvalue weighted by Gasteiger charge is 2.27. The van der Waals surface area contributed by atoms with Crippen molar-refractivity contribution in [2.45, 2.75) is 19.1 Å². The summed E-state index contributed by atoms with van der Waals surface area (Å²) in [5.74, 6) is 0.743. The topological polar surface area (TPSA) is 82.4 Å². The van der Waals surface area contributed by atoms with Gasteiger partial charge >= 0.3 is 0 Å². The number of hydrogen-bond acceptors (Lipinski definition) is 6. The highest BCUT2D eigenvalue weighted by molar-refractivity contribution is 5.82. The zero-order valence-corrected chi connectivity index (χ0v) is 11.5. The van der Waals surface area contributed by atoms with Gasteiger partial charge in [0.1, 0.15) is 11.8 Å². The van der Waals surface area contributed by atoms with Gasteiger partial charge in [0, 0.05) is 12.7 Å². The van der Waals surface area contributed by atoms with Crippen LogP contribution in [0.25, 0.3) is 0 Å². The van der Waals surface area contributed by atoms with Gasteiger partial charge < -0.3 is 9.32 Å². The second-order valence-corrected chi connectivity index (χ2v) is 4.80. The van der Waals surface area contributed by atoms with E-state index in [0.717, 1.165) is 11.5 Å². The van der Waals surface area contributed by atoms with E-state index in [1.807, 2.05) is 30.3 Å². The molecule has 0 bridgehead atoms. The summed E-state index contributed by atoms with van der Waals surface area (Å²) in [6.45, 7) is 1.40. The molecule has 1 amide bonds. The van der Waals surface area contributed by atoms with Crippen molar-refractivity contribution in [1.29, 1.82) is 0 Å². The summed E-state index contributed by atoms with van der Waals surface area (Å²) in [6, 6.07) is 9.04. The van der Waals surface area contributed by atoms with Crippen molar-refractivity contribution in [1.82, 2.24) is 26.3 Å². The van der Waals surface area contributed by atoms with Crippen molar-refractivity contribution in [3.05, 3.63) is 54.2 Å². The quantitative estimate of drug-likeness (QED) is 0.728. The lowest BCUT2D eigenvalue weighted by molar-refractivity contribution is -0.134. The summed E-state index contributed by atoms with van der Waals surface area (Å²) < 4.78 is 5.35. The van der Waals surface area contributed by atoms with Crippen molar-refractivity contribution in [3.63, 3.8) is 0 Å². The Kier molecular flexibility index (Phi) is 4.25. The van der Waals surface area contributed by atoms with Crippen molar-refractivity contribution < 1.29 is 9.21 Å². The van der Waals surface area contributed by atoms with Crippen LogP contribution in [0.4, 0.5) is 0 Å². The number of furan rings is 1. The first kappa shape index (κ1) is 13.7.